The largest absolute Gasteiger partial charge is 0.497 e. The van der Waals surface area contributed by atoms with E-state index in [9.17, 15) is 5.11 Å². The SMILES string of the molecule is COCC(N)C(CO)Sc1nc2ccc(OC)cc2[nH]1. The minimum absolute atomic E-state index is 0.0322. The number of aliphatic hydroxyl groups excluding tert-OH is 1. The highest BCUT2D eigenvalue weighted by molar-refractivity contribution is 7.99. The van der Waals surface area contributed by atoms with Gasteiger partial charge in [-0.1, -0.05) is 11.8 Å². The maximum atomic E-state index is 9.42. The molecule has 0 aliphatic rings. The van der Waals surface area contributed by atoms with Gasteiger partial charge in [-0.2, -0.15) is 0 Å². The molecule has 0 saturated carbocycles. The third-order valence-corrected chi connectivity index (χ3v) is 4.16. The summed E-state index contributed by atoms with van der Waals surface area (Å²) in [6.45, 7) is 0.363. The summed E-state index contributed by atoms with van der Waals surface area (Å²) < 4.78 is 10.2. The maximum Gasteiger partial charge on any atom is 0.166 e. The van der Waals surface area contributed by atoms with Gasteiger partial charge in [0.05, 0.1) is 36.6 Å². The number of aromatic amines is 1. The Morgan fingerprint density at radius 1 is 1.45 bits per heavy atom. The van der Waals surface area contributed by atoms with Gasteiger partial charge in [0.15, 0.2) is 5.16 Å². The molecular formula is C13H19N3O3S. The zero-order chi connectivity index (χ0) is 14.5. The number of thioether (sulfide) groups is 1. The van der Waals surface area contributed by atoms with Gasteiger partial charge in [0.2, 0.25) is 0 Å². The number of fused-ring (bicyclic) bond motifs is 1. The Morgan fingerprint density at radius 2 is 2.25 bits per heavy atom. The predicted octanol–water partition coefficient (Wildman–Crippen LogP) is 0.998. The van der Waals surface area contributed by atoms with Gasteiger partial charge in [0, 0.05) is 19.2 Å². The van der Waals surface area contributed by atoms with E-state index in [1.165, 1.54) is 11.8 Å². The summed E-state index contributed by atoms with van der Waals surface area (Å²) in [7, 11) is 3.21. The van der Waals surface area contributed by atoms with Crippen molar-refractivity contribution >= 4 is 22.8 Å². The highest BCUT2D eigenvalue weighted by Crippen LogP contribution is 2.26. The van der Waals surface area contributed by atoms with Crippen LogP contribution < -0.4 is 10.5 Å². The Bertz CT molecular complexity index is 561. The molecule has 0 aliphatic carbocycles. The molecule has 0 radical (unpaired) electrons. The Labute approximate surface area is 121 Å². The molecular weight excluding hydrogens is 278 g/mol. The van der Waals surface area contributed by atoms with Crippen LogP contribution in [0, 0.1) is 0 Å². The molecule has 0 amide bonds. The van der Waals surface area contributed by atoms with E-state index < -0.39 is 0 Å². The number of aliphatic hydroxyl groups is 1. The number of nitrogens with zero attached hydrogens (tertiary/aromatic N) is 1. The zero-order valence-electron chi connectivity index (χ0n) is 11.5. The Kier molecular flexibility index (Phi) is 5.24. The highest BCUT2D eigenvalue weighted by atomic mass is 32.2. The van der Waals surface area contributed by atoms with Crippen LogP contribution in [0.5, 0.6) is 5.75 Å². The summed E-state index contributed by atoms with van der Waals surface area (Å²) in [5.74, 6) is 0.771. The van der Waals surface area contributed by atoms with Gasteiger partial charge in [0.1, 0.15) is 5.75 Å². The average Bonchev–Trinajstić information content (AvgIpc) is 2.86. The molecule has 0 fully saturated rings. The maximum absolute atomic E-state index is 9.42. The first-order valence-electron chi connectivity index (χ1n) is 6.23. The molecule has 1 aromatic carbocycles. The molecule has 0 bridgehead atoms. The van der Waals surface area contributed by atoms with E-state index in [1.54, 1.807) is 14.2 Å². The highest BCUT2D eigenvalue weighted by Gasteiger charge is 2.20. The van der Waals surface area contributed by atoms with E-state index in [2.05, 4.69) is 9.97 Å². The lowest BCUT2D eigenvalue weighted by Crippen LogP contribution is -2.38. The second-order valence-electron chi connectivity index (χ2n) is 4.38. The number of ether oxygens (including phenoxy) is 2. The van der Waals surface area contributed by atoms with E-state index in [4.69, 9.17) is 15.2 Å². The molecule has 4 N–H and O–H groups in total. The topological polar surface area (TPSA) is 93.4 Å². The lowest BCUT2D eigenvalue weighted by Gasteiger charge is -2.19. The monoisotopic (exact) mass is 297 g/mol. The van der Waals surface area contributed by atoms with Crippen LogP contribution in [0.2, 0.25) is 0 Å². The van der Waals surface area contributed by atoms with Crippen LogP contribution in [0.25, 0.3) is 11.0 Å². The van der Waals surface area contributed by atoms with Crippen LogP contribution in [-0.2, 0) is 4.74 Å². The van der Waals surface area contributed by atoms with Crippen LogP contribution in [0.3, 0.4) is 0 Å². The van der Waals surface area contributed by atoms with Gasteiger partial charge in [-0.05, 0) is 12.1 Å². The molecule has 20 heavy (non-hydrogen) atoms. The Morgan fingerprint density at radius 3 is 2.90 bits per heavy atom. The van der Waals surface area contributed by atoms with Gasteiger partial charge in [-0.15, -0.1) is 0 Å². The van der Waals surface area contributed by atoms with Crippen molar-refractivity contribution in [1.29, 1.82) is 0 Å². The van der Waals surface area contributed by atoms with Gasteiger partial charge < -0.3 is 25.3 Å². The summed E-state index contributed by atoms with van der Waals surface area (Å²) >= 11 is 1.41. The lowest BCUT2D eigenvalue weighted by molar-refractivity contribution is 0.167. The zero-order valence-corrected chi connectivity index (χ0v) is 12.3. The molecule has 2 rings (SSSR count). The third kappa shape index (κ3) is 3.43. The minimum Gasteiger partial charge on any atom is -0.497 e. The number of nitrogens with one attached hydrogen (secondary N) is 1. The number of nitrogens with two attached hydrogens (primary N) is 1. The number of hydrogen-bond acceptors (Lipinski definition) is 6. The molecule has 2 unspecified atom stereocenters. The normalized spacial score (nSPS) is 14.4. The first-order chi connectivity index (χ1) is 9.67. The first-order valence-corrected chi connectivity index (χ1v) is 7.11. The van der Waals surface area contributed by atoms with Crippen molar-refractivity contribution < 1.29 is 14.6 Å². The molecule has 0 spiro atoms. The Balaban J connectivity index is 2.16. The van der Waals surface area contributed by atoms with Crippen molar-refractivity contribution in [3.8, 4) is 5.75 Å². The summed E-state index contributed by atoms with van der Waals surface area (Å²) in [4.78, 5) is 7.66. The number of methoxy groups -OCH3 is 2. The summed E-state index contributed by atoms with van der Waals surface area (Å²) in [6.07, 6.45) is 0. The van der Waals surface area contributed by atoms with Crippen LogP contribution in [-0.4, -0.2) is 53.8 Å². The van der Waals surface area contributed by atoms with Crippen molar-refractivity contribution in [2.75, 3.05) is 27.4 Å². The van der Waals surface area contributed by atoms with Crippen LogP contribution in [0.4, 0.5) is 0 Å². The fourth-order valence-electron chi connectivity index (χ4n) is 1.85. The van der Waals surface area contributed by atoms with Crippen LogP contribution >= 0.6 is 11.8 Å². The van der Waals surface area contributed by atoms with Crippen molar-refractivity contribution in [3.05, 3.63) is 18.2 Å². The fraction of sp³-hybridized carbons (Fsp3) is 0.462. The standard InChI is InChI=1S/C13H19N3O3S/c1-18-7-9(14)12(6-17)20-13-15-10-4-3-8(19-2)5-11(10)16-13/h3-5,9,12,17H,6-7,14H2,1-2H3,(H,15,16). The number of benzene rings is 1. The molecule has 0 aliphatic heterocycles. The number of hydrogen-bond donors (Lipinski definition) is 3. The van der Waals surface area contributed by atoms with Crippen molar-refractivity contribution in [2.24, 2.45) is 5.73 Å². The molecule has 1 heterocycles. The van der Waals surface area contributed by atoms with Gasteiger partial charge in [0.25, 0.3) is 0 Å². The third-order valence-electron chi connectivity index (χ3n) is 2.95. The van der Waals surface area contributed by atoms with Crippen molar-refractivity contribution in [2.45, 2.75) is 16.4 Å². The van der Waals surface area contributed by atoms with Crippen molar-refractivity contribution in [3.63, 3.8) is 0 Å². The van der Waals surface area contributed by atoms with Gasteiger partial charge in [-0.3, -0.25) is 0 Å². The minimum atomic E-state index is -0.252. The number of rotatable bonds is 7. The number of H-pyrrole nitrogens is 1. The molecule has 2 atom stereocenters. The number of imidazole rings is 1. The lowest BCUT2D eigenvalue weighted by atomic mass is 10.2. The van der Waals surface area contributed by atoms with E-state index >= 15 is 0 Å². The van der Waals surface area contributed by atoms with Crippen LogP contribution in [0.15, 0.2) is 23.4 Å². The fourth-order valence-corrected chi connectivity index (χ4v) is 2.79. The molecule has 7 heteroatoms. The second-order valence-corrected chi connectivity index (χ2v) is 5.61. The van der Waals surface area contributed by atoms with E-state index in [0.29, 0.717) is 6.61 Å². The van der Waals surface area contributed by atoms with Crippen molar-refractivity contribution in [1.82, 2.24) is 9.97 Å². The molecule has 0 saturated heterocycles. The summed E-state index contributed by atoms with van der Waals surface area (Å²) in [5, 5.41) is 9.98. The van der Waals surface area contributed by atoms with E-state index in [-0.39, 0.29) is 17.9 Å². The van der Waals surface area contributed by atoms with E-state index in [0.717, 1.165) is 21.9 Å². The summed E-state index contributed by atoms with van der Waals surface area (Å²) in [6, 6.07) is 5.38. The molecule has 110 valence electrons. The summed E-state index contributed by atoms with van der Waals surface area (Å²) in [5.41, 5.74) is 7.70. The van der Waals surface area contributed by atoms with Crippen LogP contribution in [0.1, 0.15) is 0 Å². The quantitative estimate of drug-likeness (QED) is 0.660. The van der Waals surface area contributed by atoms with Gasteiger partial charge in [-0.25, -0.2) is 4.98 Å². The number of aromatic nitrogens is 2. The van der Waals surface area contributed by atoms with E-state index in [1.807, 2.05) is 18.2 Å². The molecule has 2 aromatic rings. The molecule has 1 aromatic heterocycles. The van der Waals surface area contributed by atoms with Gasteiger partial charge >= 0.3 is 0 Å². The average molecular weight is 297 g/mol. The second kappa shape index (κ2) is 6.94. The Hall–Kier alpha value is -1.28. The molecule has 6 nitrogen and oxygen atoms in total. The first kappa shape index (κ1) is 15.1. The smallest absolute Gasteiger partial charge is 0.166 e. The predicted molar refractivity (Wildman–Crippen MR) is 79.2 cm³/mol.